The molecule has 1 unspecified atom stereocenters. The number of halogens is 1. The van der Waals surface area contributed by atoms with Crippen molar-refractivity contribution < 1.29 is 4.79 Å². The van der Waals surface area contributed by atoms with Crippen LogP contribution in [0.15, 0.2) is 35.3 Å². The molecule has 0 radical (unpaired) electrons. The Kier molecular flexibility index (Phi) is 11.5. The van der Waals surface area contributed by atoms with Gasteiger partial charge in [0.05, 0.1) is 6.54 Å². The van der Waals surface area contributed by atoms with Crippen molar-refractivity contribution in [3.63, 3.8) is 0 Å². The van der Waals surface area contributed by atoms with Gasteiger partial charge in [-0.2, -0.15) is 0 Å². The van der Waals surface area contributed by atoms with E-state index in [9.17, 15) is 4.79 Å². The topological polar surface area (TPSA) is 65.5 Å². The number of rotatable bonds is 7. The number of benzene rings is 1. The number of hydrogen-bond acceptors (Lipinski definition) is 2. The molecule has 0 aliphatic heterocycles. The first-order chi connectivity index (χ1) is 10.2. The number of amides is 1. The highest BCUT2D eigenvalue weighted by Crippen LogP contribution is 1.97. The van der Waals surface area contributed by atoms with E-state index in [1.165, 1.54) is 0 Å². The van der Waals surface area contributed by atoms with E-state index in [4.69, 9.17) is 0 Å². The SMILES string of the molecule is CCNC(=NCCNC(=O)c1ccccc1)NC(C)CC.I. The van der Waals surface area contributed by atoms with Crippen LogP contribution >= 0.6 is 24.0 Å². The van der Waals surface area contributed by atoms with Gasteiger partial charge < -0.3 is 16.0 Å². The second kappa shape index (κ2) is 12.3. The van der Waals surface area contributed by atoms with Gasteiger partial charge in [0.1, 0.15) is 0 Å². The molecule has 0 saturated carbocycles. The summed E-state index contributed by atoms with van der Waals surface area (Å²) < 4.78 is 0. The number of nitrogens with zero attached hydrogens (tertiary/aromatic N) is 1. The summed E-state index contributed by atoms with van der Waals surface area (Å²) >= 11 is 0. The molecule has 0 aliphatic rings. The first-order valence-electron chi connectivity index (χ1n) is 7.55. The lowest BCUT2D eigenvalue weighted by atomic mass is 10.2. The lowest BCUT2D eigenvalue weighted by Gasteiger charge is -2.16. The minimum atomic E-state index is -0.0642. The Bertz CT molecular complexity index is 451. The zero-order chi connectivity index (χ0) is 15.5. The molecule has 22 heavy (non-hydrogen) atoms. The van der Waals surface area contributed by atoms with E-state index in [0.29, 0.717) is 24.7 Å². The molecular weight excluding hydrogens is 391 g/mol. The molecule has 1 amide bonds. The van der Waals surface area contributed by atoms with E-state index in [2.05, 4.69) is 34.8 Å². The smallest absolute Gasteiger partial charge is 0.251 e. The summed E-state index contributed by atoms with van der Waals surface area (Å²) in [5.41, 5.74) is 0.672. The Labute approximate surface area is 150 Å². The molecule has 0 saturated heterocycles. The molecule has 0 aromatic heterocycles. The molecule has 124 valence electrons. The average Bonchev–Trinajstić information content (AvgIpc) is 2.52. The number of nitrogens with one attached hydrogen (secondary N) is 3. The Morgan fingerprint density at radius 2 is 1.86 bits per heavy atom. The van der Waals surface area contributed by atoms with Gasteiger partial charge in [-0.25, -0.2) is 0 Å². The number of carbonyl (C=O) groups excluding carboxylic acids is 1. The average molecular weight is 418 g/mol. The number of guanidine groups is 1. The summed E-state index contributed by atoms with van der Waals surface area (Å²) in [7, 11) is 0. The molecule has 0 fully saturated rings. The molecule has 1 aromatic carbocycles. The van der Waals surface area contributed by atoms with Crippen LogP contribution < -0.4 is 16.0 Å². The number of carbonyl (C=O) groups is 1. The maximum absolute atomic E-state index is 11.8. The molecule has 3 N–H and O–H groups in total. The zero-order valence-corrected chi connectivity index (χ0v) is 15.9. The zero-order valence-electron chi connectivity index (χ0n) is 13.6. The van der Waals surface area contributed by atoms with Crippen LogP contribution in [0.25, 0.3) is 0 Å². The highest BCUT2D eigenvalue weighted by atomic mass is 127. The summed E-state index contributed by atoms with van der Waals surface area (Å²) in [6.07, 6.45) is 1.04. The number of hydrogen-bond donors (Lipinski definition) is 3. The third-order valence-electron chi connectivity index (χ3n) is 3.04. The second-order valence-electron chi connectivity index (χ2n) is 4.84. The summed E-state index contributed by atoms with van der Waals surface area (Å²) in [6, 6.07) is 9.57. The van der Waals surface area contributed by atoms with E-state index < -0.39 is 0 Å². The molecule has 6 heteroatoms. The molecule has 0 spiro atoms. The van der Waals surface area contributed by atoms with Gasteiger partial charge in [-0.15, -0.1) is 24.0 Å². The monoisotopic (exact) mass is 418 g/mol. The summed E-state index contributed by atoms with van der Waals surface area (Å²) in [6.45, 7) is 8.16. The molecule has 0 bridgehead atoms. The van der Waals surface area contributed by atoms with Crippen LogP contribution in [0, 0.1) is 0 Å². The maximum atomic E-state index is 11.8. The van der Waals surface area contributed by atoms with E-state index in [0.717, 1.165) is 18.9 Å². The van der Waals surface area contributed by atoms with E-state index in [1.54, 1.807) is 12.1 Å². The lowest BCUT2D eigenvalue weighted by molar-refractivity contribution is 0.0955. The van der Waals surface area contributed by atoms with E-state index in [-0.39, 0.29) is 29.9 Å². The van der Waals surface area contributed by atoms with Crippen LogP contribution in [0.4, 0.5) is 0 Å². The lowest BCUT2D eigenvalue weighted by Crippen LogP contribution is -2.42. The highest BCUT2D eigenvalue weighted by molar-refractivity contribution is 14.0. The minimum absolute atomic E-state index is 0. The third-order valence-corrected chi connectivity index (χ3v) is 3.04. The van der Waals surface area contributed by atoms with Crippen LogP contribution in [0.3, 0.4) is 0 Å². The van der Waals surface area contributed by atoms with E-state index >= 15 is 0 Å². The molecule has 1 atom stereocenters. The van der Waals surface area contributed by atoms with Gasteiger partial charge in [0.2, 0.25) is 0 Å². The van der Waals surface area contributed by atoms with Gasteiger partial charge in [-0.05, 0) is 32.4 Å². The maximum Gasteiger partial charge on any atom is 0.251 e. The highest BCUT2D eigenvalue weighted by Gasteiger charge is 2.04. The fraction of sp³-hybridized carbons (Fsp3) is 0.500. The summed E-state index contributed by atoms with van der Waals surface area (Å²) in [5, 5.41) is 9.37. The van der Waals surface area contributed by atoms with Gasteiger partial charge in [0, 0.05) is 24.7 Å². The van der Waals surface area contributed by atoms with Crippen molar-refractivity contribution in [2.45, 2.75) is 33.2 Å². The van der Waals surface area contributed by atoms with Crippen molar-refractivity contribution >= 4 is 35.8 Å². The van der Waals surface area contributed by atoms with Gasteiger partial charge in [0.25, 0.3) is 5.91 Å². The fourth-order valence-electron chi connectivity index (χ4n) is 1.68. The summed E-state index contributed by atoms with van der Waals surface area (Å²) in [5.74, 6) is 0.728. The molecule has 0 heterocycles. The third kappa shape index (κ3) is 8.21. The molecular formula is C16H27IN4O. The van der Waals surface area contributed by atoms with Crippen molar-refractivity contribution in [3.05, 3.63) is 35.9 Å². The second-order valence-corrected chi connectivity index (χ2v) is 4.84. The van der Waals surface area contributed by atoms with Crippen molar-refractivity contribution in [1.29, 1.82) is 0 Å². The van der Waals surface area contributed by atoms with Crippen LogP contribution in [-0.2, 0) is 0 Å². The van der Waals surface area contributed by atoms with Crippen molar-refractivity contribution in [2.24, 2.45) is 4.99 Å². The van der Waals surface area contributed by atoms with Crippen molar-refractivity contribution in [1.82, 2.24) is 16.0 Å². The largest absolute Gasteiger partial charge is 0.357 e. The van der Waals surface area contributed by atoms with Gasteiger partial charge in [0.15, 0.2) is 5.96 Å². The molecule has 1 aromatic rings. The fourth-order valence-corrected chi connectivity index (χ4v) is 1.68. The van der Waals surface area contributed by atoms with Crippen LogP contribution in [-0.4, -0.2) is 37.5 Å². The quantitative estimate of drug-likeness (QED) is 0.276. The predicted octanol–water partition coefficient (Wildman–Crippen LogP) is 2.39. The Morgan fingerprint density at radius 3 is 2.45 bits per heavy atom. The van der Waals surface area contributed by atoms with E-state index in [1.807, 2.05) is 25.1 Å². The van der Waals surface area contributed by atoms with Crippen molar-refractivity contribution in [2.75, 3.05) is 19.6 Å². The Hall–Kier alpha value is -1.31. The van der Waals surface area contributed by atoms with Gasteiger partial charge in [-0.3, -0.25) is 9.79 Å². The van der Waals surface area contributed by atoms with Gasteiger partial charge in [-0.1, -0.05) is 25.1 Å². The summed E-state index contributed by atoms with van der Waals surface area (Å²) in [4.78, 5) is 16.3. The first kappa shape index (κ1) is 20.7. The first-order valence-corrected chi connectivity index (χ1v) is 7.55. The Morgan fingerprint density at radius 1 is 1.18 bits per heavy atom. The van der Waals surface area contributed by atoms with Crippen LogP contribution in [0.5, 0.6) is 0 Å². The molecule has 0 aliphatic carbocycles. The molecule has 5 nitrogen and oxygen atoms in total. The number of aliphatic imine (C=N–C) groups is 1. The van der Waals surface area contributed by atoms with Crippen LogP contribution in [0.1, 0.15) is 37.6 Å². The molecule has 1 rings (SSSR count). The van der Waals surface area contributed by atoms with Gasteiger partial charge >= 0.3 is 0 Å². The predicted molar refractivity (Wildman–Crippen MR) is 103 cm³/mol. The minimum Gasteiger partial charge on any atom is -0.357 e. The standard InChI is InChI=1S/C16H26N4O.HI/c1-4-13(3)20-16(17-5-2)19-12-11-18-15(21)14-9-7-6-8-10-14;/h6-10,13H,4-5,11-12H2,1-3H3,(H,18,21)(H2,17,19,20);1H. The van der Waals surface area contributed by atoms with Crippen LogP contribution in [0.2, 0.25) is 0 Å². The Balaban J connectivity index is 0.00000441. The normalized spacial score (nSPS) is 12.0. The van der Waals surface area contributed by atoms with Crippen molar-refractivity contribution in [3.8, 4) is 0 Å².